The molecule has 1 rings (SSSR count). The summed E-state index contributed by atoms with van der Waals surface area (Å²) in [5.41, 5.74) is 0.0720. The van der Waals surface area contributed by atoms with Gasteiger partial charge in [0.25, 0.3) is 0 Å². The van der Waals surface area contributed by atoms with Crippen LogP contribution in [-0.4, -0.2) is 22.7 Å². The van der Waals surface area contributed by atoms with Gasteiger partial charge >= 0.3 is 6.09 Å². The van der Waals surface area contributed by atoms with Crippen molar-refractivity contribution in [3.8, 4) is 0 Å². The van der Waals surface area contributed by atoms with Crippen LogP contribution >= 0.6 is 0 Å². The predicted octanol–water partition coefficient (Wildman–Crippen LogP) is 3.02. The molecular weight excluding hydrogens is 234 g/mol. The third-order valence-electron chi connectivity index (χ3n) is 2.08. The molecule has 98 valence electrons. The molecule has 18 heavy (non-hydrogen) atoms. The lowest BCUT2D eigenvalue weighted by Crippen LogP contribution is -2.34. The van der Waals surface area contributed by atoms with Crippen molar-refractivity contribution in [1.29, 1.82) is 0 Å². The van der Waals surface area contributed by atoms with Crippen molar-refractivity contribution in [3.63, 3.8) is 0 Å². The zero-order valence-corrected chi connectivity index (χ0v) is 10.9. The van der Waals surface area contributed by atoms with Gasteiger partial charge in [0.15, 0.2) is 5.78 Å². The summed E-state index contributed by atoms with van der Waals surface area (Å²) in [7, 11) is 0. The van der Waals surface area contributed by atoms with Gasteiger partial charge in [0.1, 0.15) is 5.60 Å². The van der Waals surface area contributed by atoms with Gasteiger partial charge in [-0.3, -0.25) is 10.0 Å². The van der Waals surface area contributed by atoms with Crippen LogP contribution in [0.4, 0.5) is 10.5 Å². The van der Waals surface area contributed by atoms with Crippen molar-refractivity contribution in [2.75, 3.05) is 5.06 Å². The topological polar surface area (TPSA) is 66.8 Å². The van der Waals surface area contributed by atoms with Gasteiger partial charge in [-0.15, -0.1) is 0 Å². The van der Waals surface area contributed by atoms with E-state index in [0.29, 0.717) is 10.6 Å². The summed E-state index contributed by atoms with van der Waals surface area (Å²) in [6.07, 6.45) is -0.863. The van der Waals surface area contributed by atoms with E-state index >= 15 is 0 Å². The Labute approximate surface area is 106 Å². The minimum absolute atomic E-state index is 0.0803. The van der Waals surface area contributed by atoms with Crippen molar-refractivity contribution in [2.45, 2.75) is 33.3 Å². The van der Waals surface area contributed by atoms with Crippen molar-refractivity contribution >= 4 is 17.6 Å². The van der Waals surface area contributed by atoms with E-state index in [1.807, 2.05) is 0 Å². The Morgan fingerprint density at radius 3 is 2.06 bits per heavy atom. The minimum atomic E-state index is -0.863. The third-order valence-corrected chi connectivity index (χ3v) is 2.08. The Morgan fingerprint density at radius 2 is 1.67 bits per heavy atom. The van der Waals surface area contributed by atoms with E-state index in [9.17, 15) is 14.8 Å². The number of hydrogen-bond acceptors (Lipinski definition) is 4. The first-order chi connectivity index (χ1) is 8.20. The van der Waals surface area contributed by atoms with Crippen molar-refractivity contribution in [1.82, 2.24) is 0 Å². The Bertz CT molecular complexity index is 445. The molecule has 0 unspecified atom stereocenters. The zero-order chi connectivity index (χ0) is 13.9. The molecule has 1 N–H and O–H groups in total. The summed E-state index contributed by atoms with van der Waals surface area (Å²) in [6, 6.07) is 6.01. The molecule has 0 radical (unpaired) electrons. The summed E-state index contributed by atoms with van der Waals surface area (Å²) >= 11 is 0. The van der Waals surface area contributed by atoms with Crippen LogP contribution in [0.25, 0.3) is 0 Å². The molecule has 0 atom stereocenters. The fraction of sp³-hybridized carbons (Fsp3) is 0.385. The number of anilines is 1. The van der Waals surface area contributed by atoms with E-state index in [1.165, 1.54) is 31.2 Å². The van der Waals surface area contributed by atoms with Crippen molar-refractivity contribution < 1.29 is 19.5 Å². The number of ether oxygens (including phenoxy) is 1. The van der Waals surface area contributed by atoms with E-state index in [4.69, 9.17) is 4.74 Å². The van der Waals surface area contributed by atoms with Crippen LogP contribution in [0, 0.1) is 0 Å². The van der Waals surface area contributed by atoms with Gasteiger partial charge in [0.2, 0.25) is 0 Å². The molecule has 0 spiro atoms. The van der Waals surface area contributed by atoms with E-state index in [-0.39, 0.29) is 11.5 Å². The molecule has 5 nitrogen and oxygen atoms in total. The van der Waals surface area contributed by atoms with Gasteiger partial charge in [0.05, 0.1) is 5.69 Å². The highest BCUT2D eigenvalue weighted by molar-refractivity contribution is 5.95. The number of hydroxylamine groups is 1. The average Bonchev–Trinajstić information content (AvgIpc) is 2.26. The molecule has 0 saturated carbocycles. The lowest BCUT2D eigenvalue weighted by Gasteiger charge is -2.23. The number of benzene rings is 1. The van der Waals surface area contributed by atoms with Gasteiger partial charge in [-0.2, -0.15) is 5.06 Å². The van der Waals surface area contributed by atoms with Crippen LogP contribution in [0.2, 0.25) is 0 Å². The fourth-order valence-electron chi connectivity index (χ4n) is 1.25. The lowest BCUT2D eigenvalue weighted by molar-refractivity contribution is 0.0407. The van der Waals surface area contributed by atoms with Crippen LogP contribution in [0.3, 0.4) is 0 Å². The number of Topliss-reactive ketones (excluding diaryl/α,β-unsaturated/α-hetero) is 1. The van der Waals surface area contributed by atoms with Gasteiger partial charge in [-0.25, -0.2) is 4.79 Å². The van der Waals surface area contributed by atoms with Gasteiger partial charge in [-0.05, 0) is 52.0 Å². The van der Waals surface area contributed by atoms with E-state index in [2.05, 4.69) is 0 Å². The SMILES string of the molecule is CC(=O)c1ccc(N(O)C(=O)OC(C)(C)C)cc1. The van der Waals surface area contributed by atoms with Gasteiger partial charge in [-0.1, -0.05) is 0 Å². The first kappa shape index (κ1) is 14.2. The molecular formula is C13H17NO4. The molecule has 1 aromatic carbocycles. The molecule has 0 saturated heterocycles. The number of nitrogens with zero attached hydrogens (tertiary/aromatic N) is 1. The second kappa shape index (κ2) is 5.18. The summed E-state index contributed by atoms with van der Waals surface area (Å²) in [6.45, 7) is 6.56. The summed E-state index contributed by atoms with van der Waals surface area (Å²) < 4.78 is 5.00. The quantitative estimate of drug-likeness (QED) is 0.498. The summed E-state index contributed by atoms with van der Waals surface area (Å²) in [5.74, 6) is -0.0803. The number of ketones is 1. The van der Waals surface area contributed by atoms with Crippen molar-refractivity contribution in [3.05, 3.63) is 29.8 Å². The van der Waals surface area contributed by atoms with Crippen molar-refractivity contribution in [2.24, 2.45) is 0 Å². The molecule has 0 aliphatic heterocycles. The number of hydrogen-bond donors (Lipinski definition) is 1. The number of amides is 1. The highest BCUT2D eigenvalue weighted by Crippen LogP contribution is 2.17. The summed E-state index contributed by atoms with van der Waals surface area (Å²) in [4.78, 5) is 22.6. The predicted molar refractivity (Wildman–Crippen MR) is 66.9 cm³/mol. The summed E-state index contributed by atoms with van der Waals surface area (Å²) in [5, 5.41) is 10.1. The first-order valence-electron chi connectivity index (χ1n) is 5.54. The highest BCUT2D eigenvalue weighted by atomic mass is 16.6. The Balaban J connectivity index is 2.81. The van der Waals surface area contributed by atoms with Gasteiger partial charge in [0, 0.05) is 5.56 Å². The minimum Gasteiger partial charge on any atom is -0.442 e. The zero-order valence-electron chi connectivity index (χ0n) is 10.9. The smallest absolute Gasteiger partial charge is 0.439 e. The Morgan fingerprint density at radius 1 is 1.17 bits per heavy atom. The maximum absolute atomic E-state index is 11.6. The lowest BCUT2D eigenvalue weighted by atomic mass is 10.1. The van der Waals surface area contributed by atoms with Crippen LogP contribution in [0.15, 0.2) is 24.3 Å². The number of rotatable bonds is 2. The molecule has 1 aromatic rings. The van der Waals surface area contributed by atoms with Crippen LogP contribution in [0.1, 0.15) is 38.1 Å². The van der Waals surface area contributed by atoms with E-state index in [0.717, 1.165) is 0 Å². The maximum Gasteiger partial charge on any atom is 0.439 e. The molecule has 0 aliphatic rings. The maximum atomic E-state index is 11.6. The molecule has 0 aliphatic carbocycles. The van der Waals surface area contributed by atoms with E-state index in [1.54, 1.807) is 20.8 Å². The van der Waals surface area contributed by atoms with Crippen LogP contribution in [-0.2, 0) is 4.74 Å². The number of carbonyl (C=O) groups excluding carboxylic acids is 2. The number of carbonyl (C=O) groups is 2. The molecule has 1 amide bonds. The molecule has 0 aromatic heterocycles. The molecule has 0 fully saturated rings. The fourth-order valence-corrected chi connectivity index (χ4v) is 1.25. The first-order valence-corrected chi connectivity index (χ1v) is 5.54. The standard InChI is InChI=1S/C13H17NO4/c1-9(15)10-5-7-11(8-6-10)14(17)12(16)18-13(2,3)4/h5-8,17H,1-4H3. The largest absolute Gasteiger partial charge is 0.442 e. The van der Waals surface area contributed by atoms with E-state index < -0.39 is 11.7 Å². The van der Waals surface area contributed by atoms with Crippen LogP contribution in [0.5, 0.6) is 0 Å². The monoisotopic (exact) mass is 251 g/mol. The second-order valence-corrected chi connectivity index (χ2v) is 4.90. The molecule has 0 heterocycles. The third kappa shape index (κ3) is 3.85. The second-order valence-electron chi connectivity index (χ2n) is 4.90. The Kier molecular flexibility index (Phi) is 4.08. The molecule has 0 bridgehead atoms. The normalized spacial score (nSPS) is 10.9. The Hall–Kier alpha value is -1.88. The van der Waals surface area contributed by atoms with Gasteiger partial charge < -0.3 is 4.74 Å². The highest BCUT2D eigenvalue weighted by Gasteiger charge is 2.22. The molecule has 5 heteroatoms. The average molecular weight is 251 g/mol. The van der Waals surface area contributed by atoms with Crippen LogP contribution < -0.4 is 5.06 Å².